The number of Topliss-reactive ketones (excluding diaryl/α,β-unsaturated/α-hetero) is 1. The van der Waals surface area contributed by atoms with Crippen molar-refractivity contribution in [1.82, 2.24) is 0 Å². The van der Waals surface area contributed by atoms with E-state index < -0.39 is 0 Å². The molecule has 2 rings (SSSR count). The Labute approximate surface area is 107 Å². The van der Waals surface area contributed by atoms with Crippen molar-refractivity contribution in [3.8, 4) is 0 Å². The first kappa shape index (κ1) is 12.2. The van der Waals surface area contributed by atoms with E-state index in [2.05, 4.69) is 5.32 Å². The van der Waals surface area contributed by atoms with E-state index in [1.165, 1.54) is 5.56 Å². The van der Waals surface area contributed by atoms with E-state index in [-0.39, 0.29) is 12.3 Å². The van der Waals surface area contributed by atoms with Crippen molar-refractivity contribution < 1.29 is 4.79 Å². The fraction of sp³-hybridized carbons (Fsp3) is 0.133. The van der Waals surface area contributed by atoms with Gasteiger partial charge in [-0.05, 0) is 31.2 Å². The number of anilines is 2. The highest BCUT2D eigenvalue weighted by Gasteiger charge is 2.05. The summed E-state index contributed by atoms with van der Waals surface area (Å²) in [5, 5.41) is 3.10. The van der Waals surface area contributed by atoms with Crippen molar-refractivity contribution in [3.05, 3.63) is 59.7 Å². The fourth-order valence-corrected chi connectivity index (χ4v) is 1.67. The van der Waals surface area contributed by atoms with Gasteiger partial charge in [0, 0.05) is 16.9 Å². The fourth-order valence-electron chi connectivity index (χ4n) is 1.67. The molecule has 0 atom stereocenters. The maximum atomic E-state index is 11.9. The molecule has 0 radical (unpaired) electrons. The maximum Gasteiger partial charge on any atom is 0.181 e. The van der Waals surface area contributed by atoms with Gasteiger partial charge in [0.05, 0.1) is 6.54 Å². The molecule has 0 saturated heterocycles. The predicted molar refractivity (Wildman–Crippen MR) is 74.9 cm³/mol. The highest BCUT2D eigenvalue weighted by molar-refractivity contribution is 5.99. The Bertz CT molecular complexity index is 547. The second-order valence-corrected chi connectivity index (χ2v) is 4.27. The van der Waals surface area contributed by atoms with Gasteiger partial charge in [0.25, 0.3) is 0 Å². The first-order valence-corrected chi connectivity index (χ1v) is 5.84. The van der Waals surface area contributed by atoms with Crippen LogP contribution < -0.4 is 11.1 Å². The summed E-state index contributed by atoms with van der Waals surface area (Å²) in [5.41, 5.74) is 9.03. The summed E-state index contributed by atoms with van der Waals surface area (Å²) in [6, 6.07) is 15.0. The molecule has 0 aliphatic heterocycles. The summed E-state index contributed by atoms with van der Waals surface area (Å²) in [6.45, 7) is 2.30. The standard InChI is InChI=1S/C15H16N2O/c1-11-5-7-14(8-6-11)17-10-15(18)12-3-2-4-13(16)9-12/h2-9,17H,10,16H2,1H3. The van der Waals surface area contributed by atoms with Crippen LogP contribution in [0.5, 0.6) is 0 Å². The van der Waals surface area contributed by atoms with Gasteiger partial charge in [-0.3, -0.25) is 4.79 Å². The molecule has 0 aliphatic carbocycles. The Kier molecular flexibility index (Phi) is 3.63. The Hall–Kier alpha value is -2.29. The van der Waals surface area contributed by atoms with Crippen LogP contribution in [-0.4, -0.2) is 12.3 Å². The zero-order chi connectivity index (χ0) is 13.0. The van der Waals surface area contributed by atoms with Crippen molar-refractivity contribution >= 4 is 17.2 Å². The lowest BCUT2D eigenvalue weighted by atomic mass is 10.1. The normalized spacial score (nSPS) is 10.1. The lowest BCUT2D eigenvalue weighted by molar-refractivity contribution is 0.101. The molecule has 0 saturated carbocycles. The second kappa shape index (κ2) is 5.36. The minimum absolute atomic E-state index is 0.0304. The Morgan fingerprint density at radius 3 is 2.56 bits per heavy atom. The number of nitrogens with two attached hydrogens (primary N) is 1. The minimum Gasteiger partial charge on any atom is -0.399 e. The monoisotopic (exact) mass is 240 g/mol. The highest BCUT2D eigenvalue weighted by atomic mass is 16.1. The van der Waals surface area contributed by atoms with E-state index in [0.717, 1.165) is 5.69 Å². The van der Waals surface area contributed by atoms with E-state index in [1.807, 2.05) is 31.2 Å². The van der Waals surface area contributed by atoms with E-state index in [0.29, 0.717) is 11.3 Å². The molecule has 3 N–H and O–H groups in total. The lowest BCUT2D eigenvalue weighted by Gasteiger charge is -2.06. The summed E-state index contributed by atoms with van der Waals surface area (Å²) in [7, 11) is 0. The van der Waals surface area contributed by atoms with Crippen LogP contribution in [0.15, 0.2) is 48.5 Å². The van der Waals surface area contributed by atoms with Gasteiger partial charge in [0.15, 0.2) is 5.78 Å². The van der Waals surface area contributed by atoms with Gasteiger partial charge in [-0.1, -0.05) is 29.8 Å². The molecule has 0 spiro atoms. The average Bonchev–Trinajstić information content (AvgIpc) is 2.38. The number of rotatable bonds is 4. The Morgan fingerprint density at radius 2 is 1.89 bits per heavy atom. The zero-order valence-electron chi connectivity index (χ0n) is 10.3. The third kappa shape index (κ3) is 3.10. The van der Waals surface area contributed by atoms with Crippen LogP contribution in [0.2, 0.25) is 0 Å². The number of ketones is 1. The molecule has 3 nitrogen and oxygen atoms in total. The van der Waals surface area contributed by atoms with Crippen LogP contribution in [0.4, 0.5) is 11.4 Å². The molecule has 0 aliphatic rings. The average molecular weight is 240 g/mol. The van der Waals surface area contributed by atoms with Crippen molar-refractivity contribution in [2.75, 3.05) is 17.6 Å². The first-order chi connectivity index (χ1) is 8.65. The SMILES string of the molecule is Cc1ccc(NCC(=O)c2cccc(N)c2)cc1. The van der Waals surface area contributed by atoms with Gasteiger partial charge in [0.1, 0.15) is 0 Å². The van der Waals surface area contributed by atoms with Crippen LogP contribution >= 0.6 is 0 Å². The summed E-state index contributed by atoms with van der Waals surface area (Å²) >= 11 is 0. The molecule has 18 heavy (non-hydrogen) atoms. The van der Waals surface area contributed by atoms with Crippen LogP contribution in [0.25, 0.3) is 0 Å². The topological polar surface area (TPSA) is 55.1 Å². The van der Waals surface area contributed by atoms with Crippen molar-refractivity contribution in [3.63, 3.8) is 0 Å². The number of carbonyl (C=O) groups excluding carboxylic acids is 1. The summed E-state index contributed by atoms with van der Waals surface area (Å²) < 4.78 is 0. The molecule has 3 heteroatoms. The van der Waals surface area contributed by atoms with Gasteiger partial charge in [0.2, 0.25) is 0 Å². The van der Waals surface area contributed by atoms with Crippen LogP contribution in [0.3, 0.4) is 0 Å². The number of aryl methyl sites for hydroxylation is 1. The molecule has 0 heterocycles. The van der Waals surface area contributed by atoms with Crippen molar-refractivity contribution in [2.24, 2.45) is 0 Å². The van der Waals surface area contributed by atoms with Crippen molar-refractivity contribution in [1.29, 1.82) is 0 Å². The molecule has 0 amide bonds. The number of nitrogen functional groups attached to an aromatic ring is 1. The molecule has 0 fully saturated rings. The van der Waals surface area contributed by atoms with E-state index in [4.69, 9.17) is 5.73 Å². The first-order valence-electron chi connectivity index (χ1n) is 5.84. The third-order valence-electron chi connectivity index (χ3n) is 2.71. The molecule has 92 valence electrons. The number of hydrogen-bond donors (Lipinski definition) is 2. The number of benzene rings is 2. The highest BCUT2D eigenvalue weighted by Crippen LogP contribution is 2.10. The Balaban J connectivity index is 1.98. The molecule has 0 unspecified atom stereocenters. The summed E-state index contributed by atoms with van der Waals surface area (Å²) in [5.74, 6) is 0.0304. The van der Waals surface area contributed by atoms with Gasteiger partial charge in [-0.25, -0.2) is 0 Å². The maximum absolute atomic E-state index is 11.9. The summed E-state index contributed by atoms with van der Waals surface area (Å²) in [6.07, 6.45) is 0. The molecular formula is C15H16N2O. The second-order valence-electron chi connectivity index (χ2n) is 4.27. The summed E-state index contributed by atoms with van der Waals surface area (Å²) in [4.78, 5) is 11.9. The minimum atomic E-state index is 0.0304. The zero-order valence-corrected chi connectivity index (χ0v) is 10.3. The largest absolute Gasteiger partial charge is 0.399 e. The van der Waals surface area contributed by atoms with E-state index in [1.54, 1.807) is 24.3 Å². The quantitative estimate of drug-likeness (QED) is 0.638. The van der Waals surface area contributed by atoms with Gasteiger partial charge in [-0.15, -0.1) is 0 Å². The Morgan fingerprint density at radius 1 is 1.17 bits per heavy atom. The lowest BCUT2D eigenvalue weighted by Crippen LogP contribution is -2.14. The van der Waals surface area contributed by atoms with E-state index in [9.17, 15) is 4.79 Å². The van der Waals surface area contributed by atoms with Crippen LogP contribution in [0.1, 0.15) is 15.9 Å². The number of hydrogen-bond acceptors (Lipinski definition) is 3. The predicted octanol–water partition coefficient (Wildman–Crippen LogP) is 2.87. The molecule has 0 aromatic heterocycles. The number of nitrogens with one attached hydrogen (secondary N) is 1. The van der Waals surface area contributed by atoms with Crippen LogP contribution in [-0.2, 0) is 0 Å². The third-order valence-corrected chi connectivity index (χ3v) is 2.71. The van der Waals surface area contributed by atoms with E-state index >= 15 is 0 Å². The molecule has 0 bridgehead atoms. The molecular weight excluding hydrogens is 224 g/mol. The van der Waals surface area contributed by atoms with Gasteiger partial charge < -0.3 is 11.1 Å². The van der Waals surface area contributed by atoms with Crippen molar-refractivity contribution in [2.45, 2.75) is 6.92 Å². The number of carbonyl (C=O) groups is 1. The van der Waals surface area contributed by atoms with Gasteiger partial charge >= 0.3 is 0 Å². The smallest absolute Gasteiger partial charge is 0.181 e. The molecule has 2 aromatic carbocycles. The molecule has 2 aromatic rings. The van der Waals surface area contributed by atoms with Crippen LogP contribution in [0, 0.1) is 6.92 Å². The van der Waals surface area contributed by atoms with Gasteiger partial charge in [-0.2, -0.15) is 0 Å².